The van der Waals surface area contributed by atoms with Gasteiger partial charge in [0.1, 0.15) is 5.78 Å². The molecule has 1 amide bonds. The summed E-state index contributed by atoms with van der Waals surface area (Å²) in [5.74, 6) is 0.186. The fourth-order valence-electron chi connectivity index (χ4n) is 1.48. The van der Waals surface area contributed by atoms with Crippen molar-refractivity contribution < 1.29 is 14.7 Å². The van der Waals surface area contributed by atoms with Crippen LogP contribution in [0.1, 0.15) is 13.3 Å². The second-order valence-corrected chi connectivity index (χ2v) is 3.56. The Balaban J connectivity index is 2.22. The van der Waals surface area contributed by atoms with Gasteiger partial charge in [-0.2, -0.15) is 0 Å². The van der Waals surface area contributed by atoms with Crippen LogP contribution in [0.25, 0.3) is 0 Å². The minimum atomic E-state index is -0.851. The van der Waals surface area contributed by atoms with E-state index in [0.717, 1.165) is 19.6 Å². The summed E-state index contributed by atoms with van der Waals surface area (Å²) in [6.07, 6.45) is -0.288. The van der Waals surface area contributed by atoms with E-state index in [1.54, 1.807) is 6.92 Å². The van der Waals surface area contributed by atoms with Gasteiger partial charge in [0.15, 0.2) is 0 Å². The standard InChI is InChI=1S/C9H16N2O3/c1-8(12)2-3-10-4-6-11(7-5-10)9(13)14/h2-7H2,1H3,(H,13,14). The first-order valence-corrected chi connectivity index (χ1v) is 4.79. The van der Waals surface area contributed by atoms with Crippen molar-refractivity contribution in [2.45, 2.75) is 13.3 Å². The van der Waals surface area contributed by atoms with Gasteiger partial charge < -0.3 is 10.0 Å². The molecule has 0 atom stereocenters. The Hall–Kier alpha value is -1.10. The molecule has 1 heterocycles. The van der Waals surface area contributed by atoms with Crippen molar-refractivity contribution in [2.75, 3.05) is 32.7 Å². The van der Waals surface area contributed by atoms with Gasteiger partial charge in [0.05, 0.1) is 0 Å². The number of Topliss-reactive ketones (excluding diaryl/α,β-unsaturated/α-hetero) is 1. The predicted octanol–water partition coefficient (Wildman–Crippen LogP) is 0.261. The van der Waals surface area contributed by atoms with Crippen molar-refractivity contribution in [1.29, 1.82) is 0 Å². The van der Waals surface area contributed by atoms with E-state index in [9.17, 15) is 9.59 Å². The summed E-state index contributed by atoms with van der Waals surface area (Å²) in [6, 6.07) is 0. The lowest BCUT2D eigenvalue weighted by molar-refractivity contribution is -0.117. The smallest absolute Gasteiger partial charge is 0.407 e. The maximum Gasteiger partial charge on any atom is 0.407 e. The molecule has 1 aliphatic heterocycles. The molecule has 0 spiro atoms. The van der Waals surface area contributed by atoms with Crippen LogP contribution in [0.4, 0.5) is 4.79 Å². The zero-order chi connectivity index (χ0) is 10.6. The number of carboxylic acid groups (broad SMARTS) is 1. The van der Waals surface area contributed by atoms with Crippen molar-refractivity contribution in [3.63, 3.8) is 0 Å². The third-order valence-electron chi connectivity index (χ3n) is 2.42. The van der Waals surface area contributed by atoms with E-state index in [-0.39, 0.29) is 5.78 Å². The molecule has 0 saturated carbocycles. The lowest BCUT2D eigenvalue weighted by Crippen LogP contribution is -2.48. The Labute approximate surface area is 83.3 Å². The van der Waals surface area contributed by atoms with Gasteiger partial charge in [-0.3, -0.25) is 9.69 Å². The van der Waals surface area contributed by atoms with Gasteiger partial charge in [-0.25, -0.2) is 4.79 Å². The van der Waals surface area contributed by atoms with Crippen LogP contribution in [0.15, 0.2) is 0 Å². The molecule has 14 heavy (non-hydrogen) atoms. The highest BCUT2D eigenvalue weighted by molar-refractivity contribution is 5.75. The van der Waals surface area contributed by atoms with Crippen molar-refractivity contribution in [2.24, 2.45) is 0 Å². The van der Waals surface area contributed by atoms with Crippen LogP contribution in [0.5, 0.6) is 0 Å². The molecule has 5 nitrogen and oxygen atoms in total. The number of piperazine rings is 1. The number of ketones is 1. The van der Waals surface area contributed by atoms with Crippen LogP contribution >= 0.6 is 0 Å². The molecule has 0 radical (unpaired) electrons. The molecular weight excluding hydrogens is 184 g/mol. The molecular formula is C9H16N2O3. The number of amides is 1. The van der Waals surface area contributed by atoms with Gasteiger partial charge in [-0.05, 0) is 6.92 Å². The highest BCUT2D eigenvalue weighted by Gasteiger charge is 2.19. The van der Waals surface area contributed by atoms with E-state index in [2.05, 4.69) is 4.90 Å². The number of hydrogen-bond acceptors (Lipinski definition) is 3. The zero-order valence-corrected chi connectivity index (χ0v) is 8.40. The topological polar surface area (TPSA) is 60.9 Å². The molecule has 1 N–H and O–H groups in total. The van der Waals surface area contributed by atoms with E-state index in [4.69, 9.17) is 5.11 Å². The fourth-order valence-corrected chi connectivity index (χ4v) is 1.48. The Kier molecular flexibility index (Phi) is 3.88. The van der Waals surface area contributed by atoms with Crippen LogP contribution in [0, 0.1) is 0 Å². The molecule has 0 aromatic carbocycles. The Morgan fingerprint density at radius 2 is 1.79 bits per heavy atom. The minimum absolute atomic E-state index is 0.186. The van der Waals surface area contributed by atoms with Gasteiger partial charge in [-0.1, -0.05) is 0 Å². The molecule has 5 heteroatoms. The van der Waals surface area contributed by atoms with Gasteiger partial charge in [-0.15, -0.1) is 0 Å². The second kappa shape index (κ2) is 4.95. The van der Waals surface area contributed by atoms with Crippen LogP contribution in [-0.4, -0.2) is 59.5 Å². The van der Waals surface area contributed by atoms with E-state index in [1.165, 1.54) is 4.90 Å². The van der Waals surface area contributed by atoms with Gasteiger partial charge >= 0.3 is 6.09 Å². The van der Waals surface area contributed by atoms with E-state index in [0.29, 0.717) is 19.5 Å². The summed E-state index contributed by atoms with van der Waals surface area (Å²) in [7, 11) is 0. The van der Waals surface area contributed by atoms with Crippen LogP contribution in [0.2, 0.25) is 0 Å². The molecule has 0 bridgehead atoms. The molecule has 0 aliphatic carbocycles. The summed E-state index contributed by atoms with van der Waals surface area (Å²) in [5.41, 5.74) is 0. The number of hydrogen-bond donors (Lipinski definition) is 1. The fraction of sp³-hybridized carbons (Fsp3) is 0.778. The van der Waals surface area contributed by atoms with Crippen molar-refractivity contribution in [1.82, 2.24) is 9.80 Å². The normalized spacial score (nSPS) is 18.2. The van der Waals surface area contributed by atoms with Crippen LogP contribution < -0.4 is 0 Å². The SMILES string of the molecule is CC(=O)CCN1CCN(C(=O)O)CC1. The third kappa shape index (κ3) is 3.33. The Morgan fingerprint density at radius 3 is 2.21 bits per heavy atom. The maximum atomic E-state index is 10.7. The average molecular weight is 200 g/mol. The molecule has 1 fully saturated rings. The lowest BCUT2D eigenvalue weighted by atomic mass is 10.2. The minimum Gasteiger partial charge on any atom is -0.465 e. The summed E-state index contributed by atoms with van der Waals surface area (Å²) in [6.45, 7) is 4.90. The van der Waals surface area contributed by atoms with E-state index in [1.807, 2.05) is 0 Å². The summed E-state index contributed by atoms with van der Waals surface area (Å²) < 4.78 is 0. The first-order chi connectivity index (χ1) is 6.59. The number of carbonyl (C=O) groups excluding carboxylic acids is 1. The molecule has 80 valence electrons. The molecule has 0 aromatic rings. The first-order valence-electron chi connectivity index (χ1n) is 4.79. The van der Waals surface area contributed by atoms with Gasteiger partial charge in [0, 0.05) is 39.1 Å². The Morgan fingerprint density at radius 1 is 1.21 bits per heavy atom. The highest BCUT2D eigenvalue weighted by Crippen LogP contribution is 2.02. The zero-order valence-electron chi connectivity index (χ0n) is 8.40. The van der Waals surface area contributed by atoms with Crippen molar-refractivity contribution in [3.8, 4) is 0 Å². The van der Waals surface area contributed by atoms with Crippen LogP contribution in [-0.2, 0) is 4.79 Å². The van der Waals surface area contributed by atoms with Gasteiger partial charge in [0.2, 0.25) is 0 Å². The lowest BCUT2D eigenvalue weighted by Gasteiger charge is -2.32. The highest BCUT2D eigenvalue weighted by atomic mass is 16.4. The first kappa shape index (κ1) is 11.0. The number of nitrogens with zero attached hydrogens (tertiary/aromatic N) is 2. The predicted molar refractivity (Wildman–Crippen MR) is 51.3 cm³/mol. The van der Waals surface area contributed by atoms with Gasteiger partial charge in [0.25, 0.3) is 0 Å². The molecule has 0 aromatic heterocycles. The summed E-state index contributed by atoms with van der Waals surface area (Å²) >= 11 is 0. The maximum absolute atomic E-state index is 10.7. The quantitative estimate of drug-likeness (QED) is 0.710. The molecule has 1 aliphatic rings. The van der Waals surface area contributed by atoms with E-state index < -0.39 is 6.09 Å². The molecule has 0 unspecified atom stereocenters. The van der Waals surface area contributed by atoms with Crippen molar-refractivity contribution in [3.05, 3.63) is 0 Å². The van der Waals surface area contributed by atoms with Crippen LogP contribution in [0.3, 0.4) is 0 Å². The Bertz CT molecular complexity index is 222. The number of rotatable bonds is 3. The molecule has 1 saturated heterocycles. The monoisotopic (exact) mass is 200 g/mol. The summed E-state index contributed by atoms with van der Waals surface area (Å²) in [5, 5.41) is 8.70. The number of carbonyl (C=O) groups is 2. The largest absolute Gasteiger partial charge is 0.465 e. The molecule has 1 rings (SSSR count). The summed E-state index contributed by atoms with van der Waals surface area (Å²) in [4.78, 5) is 24.8. The second-order valence-electron chi connectivity index (χ2n) is 3.56. The van der Waals surface area contributed by atoms with Crippen molar-refractivity contribution >= 4 is 11.9 Å². The third-order valence-corrected chi connectivity index (χ3v) is 2.42. The van der Waals surface area contributed by atoms with E-state index >= 15 is 0 Å². The average Bonchev–Trinajstić information content (AvgIpc) is 2.15.